The van der Waals surface area contributed by atoms with Crippen LogP contribution in [0.4, 0.5) is 5.69 Å². The van der Waals surface area contributed by atoms with Crippen LogP contribution in [0, 0.1) is 31.6 Å². The van der Waals surface area contributed by atoms with Gasteiger partial charge in [-0.15, -0.1) is 0 Å². The number of nitrogens with zero attached hydrogens (tertiary/aromatic N) is 1. The number of fused-ring (bicyclic) bond motifs is 1. The number of rotatable bonds is 8. The topological polar surface area (TPSA) is 77.2 Å². The highest BCUT2D eigenvalue weighted by atomic mass is 16.2. The molecule has 2 aromatic rings. The lowest BCUT2D eigenvalue weighted by molar-refractivity contribution is -0.111. The molecule has 3 unspecified atom stereocenters. The van der Waals surface area contributed by atoms with Gasteiger partial charge in [-0.25, -0.2) is 0 Å². The third-order valence-corrected chi connectivity index (χ3v) is 9.18. The van der Waals surface area contributed by atoms with Crippen LogP contribution in [0.5, 0.6) is 0 Å². The average molecular weight is 503 g/mol. The van der Waals surface area contributed by atoms with Crippen LogP contribution >= 0.6 is 0 Å². The zero-order valence-electron chi connectivity index (χ0n) is 22.6. The van der Waals surface area contributed by atoms with Crippen LogP contribution in [0.25, 0.3) is 11.6 Å². The highest BCUT2D eigenvalue weighted by molar-refractivity contribution is 6.34. The van der Waals surface area contributed by atoms with Crippen molar-refractivity contribution in [2.75, 3.05) is 31.5 Å². The standard InChI is InChI=1S/C31H42N4O2/c1-4-24(22-11-14-32-15-12-22)23-8-7-16-35(19-23)29(13-17-36)30-20(2)28(33-21(30)3)18-26-25-9-5-6-10-27(25)34-31(26)37/h5-6,9-10,17-18,22-24,29,32-33H,4,7-8,11-16,19H2,1-3H3,(H,34,37)/b26-18-. The summed E-state index contributed by atoms with van der Waals surface area (Å²) in [5, 5.41) is 6.50. The molecule has 0 aliphatic carbocycles. The van der Waals surface area contributed by atoms with Gasteiger partial charge in [-0.2, -0.15) is 0 Å². The highest BCUT2D eigenvalue weighted by Gasteiger charge is 2.36. The van der Waals surface area contributed by atoms with Crippen LogP contribution < -0.4 is 10.6 Å². The number of hydrogen-bond acceptors (Lipinski definition) is 4. The van der Waals surface area contributed by atoms with Crippen molar-refractivity contribution in [3.63, 3.8) is 0 Å². The second kappa shape index (κ2) is 11.4. The number of benzene rings is 1. The third-order valence-electron chi connectivity index (χ3n) is 9.18. The minimum atomic E-state index is -0.0683. The predicted molar refractivity (Wildman–Crippen MR) is 150 cm³/mol. The van der Waals surface area contributed by atoms with Crippen molar-refractivity contribution in [1.82, 2.24) is 15.2 Å². The smallest absolute Gasteiger partial charge is 0.256 e. The number of amides is 1. The summed E-state index contributed by atoms with van der Waals surface area (Å²) in [7, 11) is 0. The first-order valence-corrected chi connectivity index (χ1v) is 14.2. The third kappa shape index (κ3) is 5.19. The fraction of sp³-hybridized carbons (Fsp3) is 0.548. The van der Waals surface area contributed by atoms with E-state index in [4.69, 9.17) is 0 Å². The fourth-order valence-corrected chi connectivity index (χ4v) is 7.40. The Bertz CT molecular complexity index is 1160. The number of carbonyl (C=O) groups is 2. The van der Waals surface area contributed by atoms with Crippen LogP contribution in [0.1, 0.15) is 79.6 Å². The molecule has 6 heteroatoms. The second-order valence-corrected chi connectivity index (χ2v) is 11.2. The van der Waals surface area contributed by atoms with Gasteiger partial charge in [0, 0.05) is 41.6 Å². The van der Waals surface area contributed by atoms with Crippen LogP contribution in [0.3, 0.4) is 0 Å². The number of nitrogens with one attached hydrogen (secondary N) is 3. The molecule has 1 aromatic carbocycles. The van der Waals surface area contributed by atoms with E-state index in [1.165, 1.54) is 37.7 Å². The number of anilines is 1. The number of aromatic amines is 1. The van der Waals surface area contributed by atoms with Gasteiger partial charge in [0.2, 0.25) is 0 Å². The van der Waals surface area contributed by atoms with E-state index in [9.17, 15) is 9.59 Å². The summed E-state index contributed by atoms with van der Waals surface area (Å²) in [6, 6.07) is 7.89. The molecule has 6 nitrogen and oxygen atoms in total. The second-order valence-electron chi connectivity index (χ2n) is 11.2. The van der Waals surface area contributed by atoms with Crippen molar-refractivity contribution in [2.45, 2.75) is 65.3 Å². The quantitative estimate of drug-likeness (QED) is 0.329. The SMILES string of the molecule is CCC(C1CCNCC1)C1CCCN(C(CC=O)c2c(C)[nH]c(/C=C3\C(=O)Nc4ccccc43)c2C)C1. The zero-order valence-corrected chi connectivity index (χ0v) is 22.6. The molecular formula is C31H42N4O2. The molecule has 0 spiro atoms. The van der Waals surface area contributed by atoms with Crippen molar-refractivity contribution in [3.05, 3.63) is 52.3 Å². The Morgan fingerprint density at radius 2 is 1.89 bits per heavy atom. The van der Waals surface area contributed by atoms with E-state index >= 15 is 0 Å². The van der Waals surface area contributed by atoms with E-state index in [-0.39, 0.29) is 11.9 Å². The highest BCUT2D eigenvalue weighted by Crippen LogP contribution is 2.40. The number of H-pyrrole nitrogens is 1. The van der Waals surface area contributed by atoms with Gasteiger partial charge in [0.1, 0.15) is 6.29 Å². The number of likely N-dealkylation sites (tertiary alicyclic amines) is 1. The maximum atomic E-state index is 12.7. The first-order valence-electron chi connectivity index (χ1n) is 14.2. The minimum absolute atomic E-state index is 0.0683. The number of hydrogen-bond donors (Lipinski definition) is 3. The van der Waals surface area contributed by atoms with Gasteiger partial charge in [0.05, 0.1) is 5.57 Å². The van der Waals surface area contributed by atoms with E-state index < -0.39 is 0 Å². The Labute approximate surface area is 221 Å². The zero-order chi connectivity index (χ0) is 25.9. The Kier molecular flexibility index (Phi) is 7.96. The molecule has 1 aromatic heterocycles. The summed E-state index contributed by atoms with van der Waals surface area (Å²) in [6.45, 7) is 11.0. The molecular weight excluding hydrogens is 460 g/mol. The van der Waals surface area contributed by atoms with E-state index in [0.717, 1.165) is 72.5 Å². The van der Waals surface area contributed by atoms with Crippen molar-refractivity contribution in [3.8, 4) is 0 Å². The van der Waals surface area contributed by atoms with Gasteiger partial charge < -0.3 is 20.4 Å². The largest absolute Gasteiger partial charge is 0.359 e. The molecule has 4 heterocycles. The molecule has 3 aliphatic heterocycles. The Balaban J connectivity index is 1.42. The van der Waals surface area contributed by atoms with Crippen LogP contribution in [-0.4, -0.2) is 48.3 Å². The summed E-state index contributed by atoms with van der Waals surface area (Å²) in [6.07, 6.45) is 9.87. The summed E-state index contributed by atoms with van der Waals surface area (Å²) in [4.78, 5) is 30.8. The molecule has 37 heavy (non-hydrogen) atoms. The van der Waals surface area contributed by atoms with Gasteiger partial charge >= 0.3 is 0 Å². The van der Waals surface area contributed by atoms with Crippen molar-refractivity contribution in [1.29, 1.82) is 0 Å². The van der Waals surface area contributed by atoms with Crippen molar-refractivity contribution in [2.24, 2.45) is 17.8 Å². The maximum absolute atomic E-state index is 12.7. The van der Waals surface area contributed by atoms with E-state index in [0.29, 0.717) is 17.9 Å². The molecule has 3 aliphatic rings. The first-order chi connectivity index (χ1) is 18.0. The Morgan fingerprint density at radius 3 is 2.65 bits per heavy atom. The van der Waals surface area contributed by atoms with Crippen molar-refractivity contribution < 1.29 is 9.59 Å². The number of aryl methyl sites for hydroxylation is 1. The molecule has 198 valence electrons. The minimum Gasteiger partial charge on any atom is -0.359 e. The lowest BCUT2D eigenvalue weighted by atomic mass is 9.72. The first kappa shape index (κ1) is 25.9. The average Bonchev–Trinajstić information content (AvgIpc) is 3.38. The normalized spacial score (nSPS) is 23.6. The molecule has 0 saturated carbocycles. The summed E-state index contributed by atoms with van der Waals surface area (Å²) < 4.78 is 0. The summed E-state index contributed by atoms with van der Waals surface area (Å²) in [5.41, 5.74) is 6.90. The summed E-state index contributed by atoms with van der Waals surface area (Å²) >= 11 is 0. The predicted octanol–water partition coefficient (Wildman–Crippen LogP) is 5.49. The van der Waals surface area contributed by atoms with Gasteiger partial charge in [0.15, 0.2) is 0 Å². The lowest BCUT2D eigenvalue weighted by Gasteiger charge is -2.43. The van der Waals surface area contributed by atoms with Crippen molar-refractivity contribution >= 4 is 29.5 Å². The molecule has 0 bridgehead atoms. The van der Waals surface area contributed by atoms with E-state index in [2.05, 4.69) is 41.3 Å². The van der Waals surface area contributed by atoms with Crippen LogP contribution in [0.15, 0.2) is 24.3 Å². The molecule has 5 rings (SSSR count). The Morgan fingerprint density at radius 1 is 1.11 bits per heavy atom. The van der Waals surface area contributed by atoms with Gasteiger partial charge in [-0.1, -0.05) is 31.5 Å². The van der Waals surface area contributed by atoms with Gasteiger partial charge in [0.25, 0.3) is 5.91 Å². The maximum Gasteiger partial charge on any atom is 0.256 e. The number of piperidine rings is 2. The number of carbonyl (C=O) groups excluding carboxylic acids is 2. The summed E-state index contributed by atoms with van der Waals surface area (Å²) in [5.74, 6) is 2.20. The lowest BCUT2D eigenvalue weighted by Crippen LogP contribution is -2.43. The Hall–Kier alpha value is -2.70. The molecule has 0 radical (unpaired) electrons. The van der Waals surface area contributed by atoms with E-state index in [1.807, 2.05) is 30.3 Å². The number of aldehydes is 1. The number of aromatic nitrogens is 1. The van der Waals surface area contributed by atoms with Gasteiger partial charge in [-0.05, 0) is 100 Å². The molecule has 3 N–H and O–H groups in total. The molecule has 2 fully saturated rings. The monoisotopic (exact) mass is 502 g/mol. The van der Waals surface area contributed by atoms with Gasteiger partial charge in [-0.3, -0.25) is 9.69 Å². The van der Waals surface area contributed by atoms with Crippen LogP contribution in [0.2, 0.25) is 0 Å². The number of para-hydroxylation sites is 1. The fourth-order valence-electron chi connectivity index (χ4n) is 7.40. The van der Waals surface area contributed by atoms with Crippen LogP contribution in [-0.2, 0) is 9.59 Å². The molecule has 3 atom stereocenters. The van der Waals surface area contributed by atoms with E-state index in [1.54, 1.807) is 0 Å². The molecule has 2 saturated heterocycles. The molecule has 1 amide bonds.